The van der Waals surface area contributed by atoms with Gasteiger partial charge in [0.1, 0.15) is 5.75 Å². The first-order chi connectivity index (χ1) is 9.02. The lowest BCUT2D eigenvalue weighted by atomic mass is 9.88. The van der Waals surface area contributed by atoms with Gasteiger partial charge in [-0.25, -0.2) is 0 Å². The number of nitrogens with zero attached hydrogens (tertiary/aromatic N) is 1. The van der Waals surface area contributed by atoms with Gasteiger partial charge in [-0.3, -0.25) is 0 Å². The molecule has 0 radical (unpaired) electrons. The van der Waals surface area contributed by atoms with Gasteiger partial charge >= 0.3 is 0 Å². The quantitative estimate of drug-likeness (QED) is 0.901. The fourth-order valence-corrected chi connectivity index (χ4v) is 2.38. The molecule has 19 heavy (non-hydrogen) atoms. The first-order valence-corrected chi connectivity index (χ1v) is 6.94. The molecule has 1 aromatic rings. The van der Waals surface area contributed by atoms with E-state index >= 15 is 0 Å². The zero-order valence-electron chi connectivity index (χ0n) is 11.8. The highest BCUT2D eigenvalue weighted by molar-refractivity contribution is 5.39. The molecule has 0 spiro atoms. The normalized spacial score (nSPS) is 18.5. The Kier molecular flexibility index (Phi) is 4.11. The van der Waals surface area contributed by atoms with Crippen LogP contribution in [0.25, 0.3) is 0 Å². The summed E-state index contributed by atoms with van der Waals surface area (Å²) < 4.78 is 5.75. The summed E-state index contributed by atoms with van der Waals surface area (Å²) in [4.78, 5) is 0. The van der Waals surface area contributed by atoms with Crippen LogP contribution >= 0.6 is 0 Å². The molecule has 102 valence electrons. The Morgan fingerprint density at radius 1 is 1.47 bits per heavy atom. The lowest BCUT2D eigenvalue weighted by Gasteiger charge is -2.23. The lowest BCUT2D eigenvalue weighted by Crippen LogP contribution is -2.17. The third kappa shape index (κ3) is 3.48. The Hall–Kier alpha value is -1.53. The van der Waals surface area contributed by atoms with Crippen LogP contribution in [-0.2, 0) is 6.42 Å². The van der Waals surface area contributed by atoms with Crippen LogP contribution in [0, 0.1) is 16.7 Å². The maximum absolute atomic E-state index is 8.96. The van der Waals surface area contributed by atoms with Crippen molar-refractivity contribution in [2.45, 2.75) is 45.6 Å². The number of hydrogen-bond donors (Lipinski definition) is 1. The van der Waals surface area contributed by atoms with Gasteiger partial charge in [-0.15, -0.1) is 0 Å². The summed E-state index contributed by atoms with van der Waals surface area (Å²) in [6, 6.07) is 8.63. The van der Waals surface area contributed by atoms with Crippen molar-refractivity contribution in [3.63, 3.8) is 0 Å². The van der Waals surface area contributed by atoms with Crippen molar-refractivity contribution in [1.29, 1.82) is 5.26 Å². The highest BCUT2D eigenvalue weighted by Crippen LogP contribution is 2.31. The van der Waals surface area contributed by atoms with E-state index in [9.17, 15) is 0 Å². The highest BCUT2D eigenvalue weighted by Gasteiger charge is 2.18. The highest BCUT2D eigenvalue weighted by atomic mass is 16.5. The molecule has 2 rings (SSSR count). The number of hydrogen-bond acceptors (Lipinski definition) is 3. The van der Waals surface area contributed by atoms with Gasteiger partial charge in [-0.1, -0.05) is 6.07 Å². The molecule has 0 unspecified atom stereocenters. The maximum atomic E-state index is 8.96. The van der Waals surface area contributed by atoms with E-state index in [2.05, 4.69) is 18.2 Å². The third-order valence-electron chi connectivity index (χ3n) is 3.78. The van der Waals surface area contributed by atoms with E-state index in [-0.39, 0.29) is 11.5 Å². The Bertz CT molecular complexity index is 488. The largest absolute Gasteiger partial charge is 0.494 e. The molecule has 0 bridgehead atoms. The Balaban J connectivity index is 1.99. The van der Waals surface area contributed by atoms with Crippen LogP contribution in [0.4, 0.5) is 0 Å². The Morgan fingerprint density at radius 2 is 2.26 bits per heavy atom. The second-order valence-electron chi connectivity index (χ2n) is 5.95. The van der Waals surface area contributed by atoms with Crippen LogP contribution in [0.5, 0.6) is 5.75 Å². The lowest BCUT2D eigenvalue weighted by molar-refractivity contribution is 0.264. The van der Waals surface area contributed by atoms with Crippen LogP contribution in [0.1, 0.15) is 50.3 Å². The predicted octanol–water partition coefficient (Wildman–Crippen LogP) is 3.34. The first kappa shape index (κ1) is 13.9. The molecule has 0 fully saturated rings. The van der Waals surface area contributed by atoms with Gasteiger partial charge in [0.2, 0.25) is 0 Å². The van der Waals surface area contributed by atoms with Gasteiger partial charge in [-0.05, 0) is 62.8 Å². The molecule has 1 aliphatic carbocycles. The van der Waals surface area contributed by atoms with Crippen LogP contribution in [0.15, 0.2) is 18.2 Å². The predicted molar refractivity (Wildman–Crippen MR) is 75.8 cm³/mol. The van der Waals surface area contributed by atoms with E-state index in [0.717, 1.165) is 25.0 Å². The molecule has 1 aliphatic rings. The van der Waals surface area contributed by atoms with Gasteiger partial charge in [0.15, 0.2) is 0 Å². The molecule has 3 heteroatoms. The van der Waals surface area contributed by atoms with Crippen molar-refractivity contribution in [2.24, 2.45) is 11.1 Å². The number of ether oxygens (including phenoxy) is 1. The van der Waals surface area contributed by atoms with Gasteiger partial charge in [0.25, 0.3) is 0 Å². The van der Waals surface area contributed by atoms with E-state index in [1.54, 1.807) is 0 Å². The number of fused-ring (bicyclic) bond motifs is 1. The van der Waals surface area contributed by atoms with Crippen molar-refractivity contribution in [2.75, 3.05) is 6.61 Å². The summed E-state index contributed by atoms with van der Waals surface area (Å²) >= 11 is 0. The van der Waals surface area contributed by atoms with E-state index < -0.39 is 0 Å². The average molecular weight is 258 g/mol. The van der Waals surface area contributed by atoms with E-state index in [4.69, 9.17) is 15.7 Å². The third-order valence-corrected chi connectivity index (χ3v) is 3.78. The number of rotatable bonds is 4. The smallest absolute Gasteiger partial charge is 0.119 e. The van der Waals surface area contributed by atoms with Crippen molar-refractivity contribution < 1.29 is 4.74 Å². The minimum atomic E-state index is -0.329. The fraction of sp³-hybridized carbons (Fsp3) is 0.562. The molecule has 0 aliphatic heterocycles. The number of benzene rings is 1. The van der Waals surface area contributed by atoms with Crippen molar-refractivity contribution in [3.8, 4) is 11.8 Å². The van der Waals surface area contributed by atoms with E-state index in [1.807, 2.05) is 19.9 Å². The summed E-state index contributed by atoms with van der Waals surface area (Å²) in [5, 5.41) is 8.96. The Labute approximate surface area is 115 Å². The standard InChI is InChI=1S/C16H22N2O/c1-16(2,11-17)8-9-19-13-7-6-12-4-3-5-15(18)14(12)10-13/h6-7,10,15H,3-5,8-9,18H2,1-2H3/t15-/m1/s1. The number of aryl methyl sites for hydroxylation is 1. The molecule has 1 aromatic carbocycles. The number of nitriles is 1. The average Bonchev–Trinajstić information content (AvgIpc) is 2.39. The Morgan fingerprint density at radius 3 is 3.00 bits per heavy atom. The SMILES string of the molecule is CC(C)(C#N)CCOc1ccc2c(c1)[C@H](N)CCC2. The molecule has 2 N–H and O–H groups in total. The van der Waals surface area contributed by atoms with E-state index in [0.29, 0.717) is 6.61 Å². The zero-order valence-corrected chi connectivity index (χ0v) is 11.8. The van der Waals surface area contributed by atoms with Gasteiger partial charge in [0.05, 0.1) is 18.1 Å². The van der Waals surface area contributed by atoms with E-state index in [1.165, 1.54) is 17.5 Å². The summed E-state index contributed by atoms with van der Waals surface area (Å²) in [5.41, 5.74) is 8.38. The van der Waals surface area contributed by atoms with Crippen LogP contribution in [-0.4, -0.2) is 6.61 Å². The fourth-order valence-electron chi connectivity index (χ4n) is 2.38. The second kappa shape index (κ2) is 5.63. The minimum Gasteiger partial charge on any atom is -0.494 e. The van der Waals surface area contributed by atoms with Crippen LogP contribution < -0.4 is 10.5 Å². The number of nitrogens with two attached hydrogens (primary N) is 1. The first-order valence-electron chi connectivity index (χ1n) is 6.94. The molecule has 0 saturated heterocycles. The van der Waals surface area contributed by atoms with Gasteiger partial charge < -0.3 is 10.5 Å². The maximum Gasteiger partial charge on any atom is 0.119 e. The zero-order chi connectivity index (χ0) is 13.9. The molecule has 1 atom stereocenters. The topological polar surface area (TPSA) is 59.0 Å². The molecule has 3 nitrogen and oxygen atoms in total. The second-order valence-corrected chi connectivity index (χ2v) is 5.95. The molecule has 0 heterocycles. The molecule has 0 aromatic heterocycles. The van der Waals surface area contributed by atoms with Crippen LogP contribution in [0.2, 0.25) is 0 Å². The minimum absolute atomic E-state index is 0.142. The summed E-state index contributed by atoms with van der Waals surface area (Å²) in [5.74, 6) is 0.866. The monoisotopic (exact) mass is 258 g/mol. The van der Waals surface area contributed by atoms with Gasteiger partial charge in [0, 0.05) is 6.04 Å². The summed E-state index contributed by atoms with van der Waals surface area (Å²) in [6.07, 6.45) is 4.07. The summed E-state index contributed by atoms with van der Waals surface area (Å²) in [6.45, 7) is 4.42. The molecular weight excluding hydrogens is 236 g/mol. The van der Waals surface area contributed by atoms with Gasteiger partial charge in [-0.2, -0.15) is 5.26 Å². The van der Waals surface area contributed by atoms with Crippen molar-refractivity contribution in [1.82, 2.24) is 0 Å². The van der Waals surface area contributed by atoms with Crippen molar-refractivity contribution >= 4 is 0 Å². The molecule has 0 saturated carbocycles. The van der Waals surface area contributed by atoms with Crippen LogP contribution in [0.3, 0.4) is 0 Å². The summed E-state index contributed by atoms with van der Waals surface area (Å²) in [7, 11) is 0. The van der Waals surface area contributed by atoms with Crippen molar-refractivity contribution in [3.05, 3.63) is 29.3 Å². The molecule has 0 amide bonds. The molecular formula is C16H22N2O.